The normalized spacial score (nSPS) is 24.4. The summed E-state index contributed by atoms with van der Waals surface area (Å²) in [6.07, 6.45) is 4.89. The highest BCUT2D eigenvalue weighted by molar-refractivity contribution is 5.94. The fourth-order valence-corrected chi connectivity index (χ4v) is 4.76. The lowest BCUT2D eigenvalue weighted by atomic mass is 9.75. The van der Waals surface area contributed by atoms with Crippen LogP contribution in [0.4, 0.5) is 18.9 Å². The third-order valence-electron chi connectivity index (χ3n) is 6.12. The minimum absolute atomic E-state index is 0.00609. The Labute approximate surface area is 177 Å². The molecule has 0 radical (unpaired) electrons. The summed E-state index contributed by atoms with van der Waals surface area (Å²) in [6, 6.07) is 10.8. The van der Waals surface area contributed by atoms with Crippen molar-refractivity contribution >= 4 is 11.6 Å². The summed E-state index contributed by atoms with van der Waals surface area (Å²) >= 11 is 0. The van der Waals surface area contributed by atoms with E-state index in [1.165, 1.54) is 18.2 Å². The predicted octanol–water partition coefficient (Wildman–Crippen LogP) is 5.07. The maximum Gasteiger partial charge on any atom is 0.230 e. The van der Waals surface area contributed by atoms with Crippen molar-refractivity contribution in [2.75, 3.05) is 5.32 Å². The van der Waals surface area contributed by atoms with Gasteiger partial charge in [0, 0.05) is 41.2 Å². The summed E-state index contributed by atoms with van der Waals surface area (Å²) in [5, 5.41) is 2.78. The summed E-state index contributed by atoms with van der Waals surface area (Å²) in [5.41, 5.74) is 1.21. The molecule has 1 N–H and O–H groups in total. The van der Waals surface area contributed by atoms with Gasteiger partial charge >= 0.3 is 0 Å². The maximum absolute atomic E-state index is 14.7. The van der Waals surface area contributed by atoms with Gasteiger partial charge in [-0.2, -0.15) is 0 Å². The molecule has 2 saturated heterocycles. The van der Waals surface area contributed by atoms with Gasteiger partial charge in [0.15, 0.2) is 0 Å². The average molecular weight is 424 g/mol. The Morgan fingerprint density at radius 3 is 2.29 bits per heavy atom. The van der Waals surface area contributed by atoms with Crippen LogP contribution < -0.4 is 5.32 Å². The van der Waals surface area contributed by atoms with Crippen molar-refractivity contribution in [3.8, 4) is 11.1 Å². The molecule has 0 spiro atoms. The van der Waals surface area contributed by atoms with Crippen LogP contribution in [0.1, 0.15) is 24.3 Å². The molecular weight excluding hydrogens is 405 g/mol. The number of carbonyl (C=O) groups is 1. The molecule has 2 aliphatic rings. The minimum Gasteiger partial charge on any atom is -0.373 e. The molecule has 31 heavy (non-hydrogen) atoms. The summed E-state index contributed by atoms with van der Waals surface area (Å²) in [6.45, 7) is 0. The number of ether oxygens (including phenoxy) is 1. The first-order valence-corrected chi connectivity index (χ1v) is 10.1. The molecule has 3 aromatic rings. The Morgan fingerprint density at radius 1 is 0.903 bits per heavy atom. The summed E-state index contributed by atoms with van der Waals surface area (Å²) in [7, 11) is 0. The lowest BCUT2D eigenvalue weighted by molar-refractivity contribution is -0.121. The maximum atomic E-state index is 14.7. The van der Waals surface area contributed by atoms with Gasteiger partial charge in [-0.05, 0) is 60.9 Å². The molecule has 2 aliphatic heterocycles. The standard InChI is InChI=1S/C24H19F3N2O2/c25-14-1-3-16(18(26)11-14)17-4-2-15(12-19(17)27)29-24(30)23-21-6-5-20(31-21)22(23)13-7-9-28-10-8-13/h1-4,7-12,20-23H,5-6H2,(H,29,30)/t20-,21+,22+,23+/m0/s1. The quantitative estimate of drug-likeness (QED) is 0.637. The van der Waals surface area contributed by atoms with E-state index in [1.807, 2.05) is 12.1 Å². The average Bonchev–Trinajstić information content (AvgIpc) is 3.37. The number of nitrogens with one attached hydrogen (secondary N) is 1. The van der Waals surface area contributed by atoms with E-state index in [4.69, 9.17) is 4.74 Å². The van der Waals surface area contributed by atoms with Crippen LogP contribution in [0.25, 0.3) is 11.1 Å². The number of fused-ring (bicyclic) bond motifs is 2. The van der Waals surface area contributed by atoms with Crippen LogP contribution in [-0.2, 0) is 9.53 Å². The van der Waals surface area contributed by atoms with Crippen LogP contribution in [0.5, 0.6) is 0 Å². The second kappa shape index (κ2) is 7.81. The van der Waals surface area contributed by atoms with Crippen LogP contribution in [0.15, 0.2) is 60.9 Å². The number of hydrogen-bond acceptors (Lipinski definition) is 3. The zero-order chi connectivity index (χ0) is 21.5. The number of aromatic nitrogens is 1. The van der Waals surface area contributed by atoms with Crippen molar-refractivity contribution in [1.82, 2.24) is 4.98 Å². The summed E-state index contributed by atoms with van der Waals surface area (Å²) in [4.78, 5) is 17.2. The van der Waals surface area contributed by atoms with Crippen molar-refractivity contribution in [3.05, 3.63) is 83.9 Å². The Hall–Kier alpha value is -3.19. The fourth-order valence-electron chi connectivity index (χ4n) is 4.76. The zero-order valence-corrected chi connectivity index (χ0v) is 16.4. The Morgan fingerprint density at radius 2 is 1.58 bits per heavy atom. The van der Waals surface area contributed by atoms with E-state index >= 15 is 0 Å². The Kier molecular flexibility index (Phi) is 4.98. The SMILES string of the molecule is O=C(Nc1ccc(-c2ccc(F)cc2F)c(F)c1)[C@H]1[C@H](c2ccncc2)[C@@H]2CC[C@H]1O2. The molecule has 2 fully saturated rings. The van der Waals surface area contributed by atoms with E-state index in [0.717, 1.165) is 30.5 Å². The van der Waals surface area contributed by atoms with Gasteiger partial charge in [0.2, 0.25) is 5.91 Å². The van der Waals surface area contributed by atoms with Gasteiger partial charge in [-0.3, -0.25) is 9.78 Å². The number of anilines is 1. The van der Waals surface area contributed by atoms with Gasteiger partial charge in [-0.15, -0.1) is 0 Å². The van der Waals surface area contributed by atoms with E-state index in [-0.39, 0.29) is 40.8 Å². The second-order valence-electron chi connectivity index (χ2n) is 7.93. The Bertz CT molecular complexity index is 1140. The summed E-state index contributed by atoms with van der Waals surface area (Å²) < 4.78 is 47.9. The largest absolute Gasteiger partial charge is 0.373 e. The van der Waals surface area contributed by atoms with E-state index < -0.39 is 23.4 Å². The van der Waals surface area contributed by atoms with Crippen LogP contribution in [0.2, 0.25) is 0 Å². The number of benzene rings is 2. The molecule has 4 nitrogen and oxygen atoms in total. The monoisotopic (exact) mass is 424 g/mol. The number of halogens is 3. The number of nitrogens with zero attached hydrogens (tertiary/aromatic N) is 1. The third-order valence-corrected chi connectivity index (χ3v) is 6.12. The summed E-state index contributed by atoms with van der Waals surface area (Å²) in [5.74, 6) is -3.01. The lowest BCUT2D eigenvalue weighted by Gasteiger charge is -2.27. The number of rotatable bonds is 4. The van der Waals surface area contributed by atoms with Crippen LogP contribution in [-0.4, -0.2) is 23.1 Å². The van der Waals surface area contributed by atoms with E-state index in [9.17, 15) is 18.0 Å². The number of hydrogen-bond donors (Lipinski definition) is 1. The molecule has 1 aromatic heterocycles. The highest BCUT2D eigenvalue weighted by Crippen LogP contribution is 2.49. The minimum atomic E-state index is -0.852. The highest BCUT2D eigenvalue weighted by atomic mass is 19.1. The van der Waals surface area contributed by atoms with E-state index in [0.29, 0.717) is 6.07 Å². The molecule has 158 valence electrons. The zero-order valence-electron chi connectivity index (χ0n) is 16.4. The Balaban J connectivity index is 1.38. The lowest BCUT2D eigenvalue weighted by Crippen LogP contribution is -2.36. The first-order chi connectivity index (χ1) is 15.0. The number of amides is 1. The molecule has 7 heteroatoms. The third kappa shape index (κ3) is 3.59. The number of pyridine rings is 1. The van der Waals surface area contributed by atoms with Crippen molar-refractivity contribution in [2.24, 2.45) is 5.92 Å². The van der Waals surface area contributed by atoms with E-state index in [2.05, 4.69) is 10.3 Å². The molecule has 0 saturated carbocycles. The molecule has 4 atom stereocenters. The van der Waals surface area contributed by atoms with Gasteiger partial charge in [-0.25, -0.2) is 13.2 Å². The molecule has 1 amide bonds. The molecular formula is C24H19F3N2O2. The predicted molar refractivity (Wildman–Crippen MR) is 109 cm³/mol. The first kappa shape index (κ1) is 19.8. The molecule has 5 rings (SSSR count). The van der Waals surface area contributed by atoms with Gasteiger partial charge in [0.1, 0.15) is 17.5 Å². The first-order valence-electron chi connectivity index (χ1n) is 10.1. The highest BCUT2D eigenvalue weighted by Gasteiger charge is 2.52. The van der Waals surface area contributed by atoms with Gasteiger partial charge in [0.25, 0.3) is 0 Å². The van der Waals surface area contributed by atoms with Crippen molar-refractivity contribution in [1.29, 1.82) is 0 Å². The van der Waals surface area contributed by atoms with Crippen molar-refractivity contribution < 1.29 is 22.7 Å². The van der Waals surface area contributed by atoms with Crippen molar-refractivity contribution in [3.63, 3.8) is 0 Å². The number of carbonyl (C=O) groups excluding carboxylic acids is 1. The van der Waals surface area contributed by atoms with E-state index in [1.54, 1.807) is 12.4 Å². The molecule has 0 aliphatic carbocycles. The topological polar surface area (TPSA) is 51.2 Å². The van der Waals surface area contributed by atoms with Crippen LogP contribution in [0, 0.1) is 23.4 Å². The van der Waals surface area contributed by atoms with Crippen LogP contribution in [0.3, 0.4) is 0 Å². The van der Waals surface area contributed by atoms with Crippen molar-refractivity contribution in [2.45, 2.75) is 31.0 Å². The molecule has 2 aromatic carbocycles. The fraction of sp³-hybridized carbons (Fsp3) is 0.250. The van der Waals surface area contributed by atoms with Crippen LogP contribution >= 0.6 is 0 Å². The van der Waals surface area contributed by atoms with Gasteiger partial charge in [0.05, 0.1) is 18.1 Å². The van der Waals surface area contributed by atoms with Gasteiger partial charge < -0.3 is 10.1 Å². The smallest absolute Gasteiger partial charge is 0.230 e. The molecule has 0 unspecified atom stereocenters. The van der Waals surface area contributed by atoms with Gasteiger partial charge in [-0.1, -0.05) is 0 Å². The second-order valence-corrected chi connectivity index (χ2v) is 7.93. The molecule has 3 heterocycles. The molecule has 2 bridgehead atoms.